The lowest BCUT2D eigenvalue weighted by Crippen LogP contribution is -2.40. The van der Waals surface area contributed by atoms with Crippen molar-refractivity contribution in [2.24, 2.45) is 0 Å². The van der Waals surface area contributed by atoms with Gasteiger partial charge in [-0.05, 0) is 25.8 Å². The lowest BCUT2D eigenvalue weighted by atomic mass is 10.3. The van der Waals surface area contributed by atoms with Gasteiger partial charge in [0.25, 0.3) is 0 Å². The fourth-order valence-electron chi connectivity index (χ4n) is 1.03. The van der Waals surface area contributed by atoms with Crippen LogP contribution in [0, 0.1) is 6.54 Å². The van der Waals surface area contributed by atoms with Crippen molar-refractivity contribution >= 4 is 0 Å². The maximum atomic E-state index is 3.46. The molecule has 1 unspecified atom stereocenters. The third-order valence-electron chi connectivity index (χ3n) is 1.85. The molecule has 0 saturated heterocycles. The Hall–Kier alpha value is -0.0800. The number of unbranched alkanes of at least 4 members (excludes halogenated alkanes) is 1. The van der Waals surface area contributed by atoms with E-state index in [1.165, 1.54) is 12.8 Å². The summed E-state index contributed by atoms with van der Waals surface area (Å²) < 4.78 is 0. The van der Waals surface area contributed by atoms with Gasteiger partial charge in [-0.15, -0.1) is 0 Å². The maximum Gasteiger partial charge on any atom is 0.0571 e. The molecule has 0 aliphatic rings. The van der Waals surface area contributed by atoms with Crippen LogP contribution in [0.15, 0.2) is 0 Å². The Morgan fingerprint density at radius 3 is 2.50 bits per heavy atom. The monoisotopic (exact) mass is 171 g/mol. The SMILES string of the molecule is CC[CH]NC(CC)NCCCC. The average molecular weight is 171 g/mol. The molecule has 0 aromatic carbocycles. The molecule has 0 spiro atoms. The third-order valence-corrected chi connectivity index (χ3v) is 1.85. The molecular formula is C10H23N2. The molecule has 0 aromatic rings. The van der Waals surface area contributed by atoms with Gasteiger partial charge in [0.2, 0.25) is 0 Å². The summed E-state index contributed by atoms with van der Waals surface area (Å²) in [5.41, 5.74) is 0. The fourth-order valence-corrected chi connectivity index (χ4v) is 1.03. The Balaban J connectivity index is 3.26. The zero-order valence-electron chi connectivity index (χ0n) is 8.69. The van der Waals surface area contributed by atoms with Crippen molar-refractivity contribution in [3.05, 3.63) is 6.54 Å². The molecule has 0 rings (SSSR count). The minimum Gasteiger partial charge on any atom is -0.302 e. The second-order valence-electron chi connectivity index (χ2n) is 3.05. The van der Waals surface area contributed by atoms with E-state index in [-0.39, 0.29) is 0 Å². The van der Waals surface area contributed by atoms with E-state index in [1.54, 1.807) is 0 Å². The molecule has 73 valence electrons. The molecular weight excluding hydrogens is 148 g/mol. The number of rotatable bonds is 8. The minimum absolute atomic E-state index is 0.469. The van der Waals surface area contributed by atoms with Crippen LogP contribution in [0.4, 0.5) is 0 Å². The molecule has 2 heteroatoms. The predicted octanol–water partition coefficient (Wildman–Crippen LogP) is 2.27. The molecule has 12 heavy (non-hydrogen) atoms. The summed E-state index contributed by atoms with van der Waals surface area (Å²) in [6, 6.07) is 0. The standard InChI is InChI=1S/C10H23N2/c1-4-7-9-12-10(6-3)11-8-5-2/h8,10-12H,4-7,9H2,1-3H3. The smallest absolute Gasteiger partial charge is 0.0571 e. The molecule has 0 aliphatic carbocycles. The second-order valence-corrected chi connectivity index (χ2v) is 3.05. The highest BCUT2D eigenvalue weighted by molar-refractivity contribution is 4.67. The van der Waals surface area contributed by atoms with Crippen molar-refractivity contribution in [1.82, 2.24) is 10.6 Å². The predicted molar refractivity (Wildman–Crippen MR) is 54.7 cm³/mol. The van der Waals surface area contributed by atoms with Crippen LogP contribution in [-0.4, -0.2) is 12.7 Å². The fraction of sp³-hybridized carbons (Fsp3) is 0.900. The van der Waals surface area contributed by atoms with E-state index in [9.17, 15) is 0 Å². The summed E-state index contributed by atoms with van der Waals surface area (Å²) in [5, 5.41) is 6.80. The normalized spacial score (nSPS) is 13.2. The van der Waals surface area contributed by atoms with Gasteiger partial charge in [0.1, 0.15) is 0 Å². The Kier molecular flexibility index (Phi) is 8.95. The van der Waals surface area contributed by atoms with Crippen LogP contribution in [0.1, 0.15) is 46.5 Å². The molecule has 0 aliphatic heterocycles. The van der Waals surface area contributed by atoms with E-state index in [4.69, 9.17) is 0 Å². The molecule has 0 amide bonds. The number of hydrogen-bond acceptors (Lipinski definition) is 2. The minimum atomic E-state index is 0.469. The average Bonchev–Trinajstić information content (AvgIpc) is 2.11. The van der Waals surface area contributed by atoms with Crippen molar-refractivity contribution in [2.75, 3.05) is 6.54 Å². The first-order valence-corrected chi connectivity index (χ1v) is 5.16. The largest absolute Gasteiger partial charge is 0.302 e. The van der Waals surface area contributed by atoms with Gasteiger partial charge in [-0.1, -0.05) is 27.2 Å². The summed E-state index contributed by atoms with van der Waals surface area (Å²) >= 11 is 0. The highest BCUT2D eigenvalue weighted by Gasteiger charge is 2.01. The summed E-state index contributed by atoms with van der Waals surface area (Å²) in [6.07, 6.45) is 5.23. The Labute approximate surface area is 77.1 Å². The van der Waals surface area contributed by atoms with Crippen molar-refractivity contribution in [3.63, 3.8) is 0 Å². The van der Waals surface area contributed by atoms with Crippen LogP contribution < -0.4 is 10.6 Å². The third kappa shape index (κ3) is 6.62. The molecule has 0 aromatic heterocycles. The van der Waals surface area contributed by atoms with Gasteiger partial charge in [0.05, 0.1) is 6.17 Å². The van der Waals surface area contributed by atoms with Crippen LogP contribution in [0.3, 0.4) is 0 Å². The number of hydrogen-bond donors (Lipinski definition) is 2. The summed E-state index contributed by atoms with van der Waals surface area (Å²) in [5.74, 6) is 0. The van der Waals surface area contributed by atoms with E-state index in [2.05, 4.69) is 37.9 Å². The molecule has 2 N–H and O–H groups in total. The lowest BCUT2D eigenvalue weighted by Gasteiger charge is -2.17. The quantitative estimate of drug-likeness (QED) is 0.432. The van der Waals surface area contributed by atoms with Crippen LogP contribution in [0.2, 0.25) is 0 Å². The van der Waals surface area contributed by atoms with Gasteiger partial charge in [0.15, 0.2) is 0 Å². The topological polar surface area (TPSA) is 24.1 Å². The van der Waals surface area contributed by atoms with Crippen LogP contribution >= 0.6 is 0 Å². The van der Waals surface area contributed by atoms with Gasteiger partial charge >= 0.3 is 0 Å². The summed E-state index contributed by atoms with van der Waals surface area (Å²) in [4.78, 5) is 0. The van der Waals surface area contributed by atoms with Gasteiger partial charge < -0.3 is 5.32 Å². The highest BCUT2D eigenvalue weighted by atomic mass is 15.1. The first-order chi connectivity index (χ1) is 5.85. The zero-order valence-corrected chi connectivity index (χ0v) is 8.69. The Morgan fingerprint density at radius 2 is 2.00 bits per heavy atom. The van der Waals surface area contributed by atoms with Gasteiger partial charge in [0, 0.05) is 6.54 Å². The van der Waals surface area contributed by atoms with E-state index >= 15 is 0 Å². The molecule has 2 nitrogen and oxygen atoms in total. The van der Waals surface area contributed by atoms with Crippen LogP contribution in [0.25, 0.3) is 0 Å². The first kappa shape index (κ1) is 11.9. The Bertz CT molecular complexity index is 83.9. The molecule has 0 fully saturated rings. The highest BCUT2D eigenvalue weighted by Crippen LogP contribution is 1.91. The molecule has 0 heterocycles. The van der Waals surface area contributed by atoms with E-state index in [0.717, 1.165) is 19.4 Å². The molecule has 0 bridgehead atoms. The van der Waals surface area contributed by atoms with Crippen molar-refractivity contribution in [3.8, 4) is 0 Å². The molecule has 1 atom stereocenters. The van der Waals surface area contributed by atoms with Crippen LogP contribution in [-0.2, 0) is 0 Å². The summed E-state index contributed by atoms with van der Waals surface area (Å²) in [6.45, 7) is 9.80. The Morgan fingerprint density at radius 1 is 1.25 bits per heavy atom. The molecule has 1 radical (unpaired) electrons. The van der Waals surface area contributed by atoms with Crippen molar-refractivity contribution in [1.29, 1.82) is 0 Å². The van der Waals surface area contributed by atoms with E-state index in [1.807, 2.05) is 0 Å². The van der Waals surface area contributed by atoms with Crippen LogP contribution in [0.5, 0.6) is 0 Å². The van der Waals surface area contributed by atoms with Crippen molar-refractivity contribution < 1.29 is 0 Å². The lowest BCUT2D eigenvalue weighted by molar-refractivity contribution is 0.434. The first-order valence-electron chi connectivity index (χ1n) is 5.16. The zero-order chi connectivity index (χ0) is 9.23. The van der Waals surface area contributed by atoms with Gasteiger partial charge in [-0.2, -0.15) is 0 Å². The van der Waals surface area contributed by atoms with E-state index in [0.29, 0.717) is 6.17 Å². The van der Waals surface area contributed by atoms with E-state index < -0.39 is 0 Å². The summed E-state index contributed by atoms with van der Waals surface area (Å²) in [7, 11) is 0. The number of nitrogens with one attached hydrogen (secondary N) is 2. The maximum absolute atomic E-state index is 3.46. The second kappa shape index (κ2) is 9.01. The van der Waals surface area contributed by atoms with Crippen molar-refractivity contribution in [2.45, 2.75) is 52.6 Å². The van der Waals surface area contributed by atoms with Gasteiger partial charge in [-0.3, -0.25) is 5.32 Å². The van der Waals surface area contributed by atoms with Gasteiger partial charge in [-0.25, -0.2) is 0 Å². The molecule has 0 saturated carbocycles.